The lowest BCUT2D eigenvalue weighted by atomic mass is 10.1. The number of halogens is 1. The summed E-state index contributed by atoms with van der Waals surface area (Å²) in [5, 5.41) is 10.6. The minimum Gasteiger partial charge on any atom is -0.369 e. The fourth-order valence-electron chi connectivity index (χ4n) is 2.03. The van der Waals surface area contributed by atoms with E-state index in [2.05, 4.69) is 4.98 Å². The van der Waals surface area contributed by atoms with Crippen LogP contribution in [0.5, 0.6) is 0 Å². The molecule has 0 bridgehead atoms. The second-order valence-electron chi connectivity index (χ2n) is 4.43. The van der Waals surface area contributed by atoms with Gasteiger partial charge in [0, 0.05) is 19.2 Å². The van der Waals surface area contributed by atoms with Crippen molar-refractivity contribution >= 4 is 29.1 Å². The first-order chi connectivity index (χ1) is 9.40. The molecule has 0 saturated carbocycles. The molecule has 1 atom stereocenters. The van der Waals surface area contributed by atoms with Gasteiger partial charge < -0.3 is 10.6 Å². The first kappa shape index (κ1) is 14.2. The first-order valence-electron chi connectivity index (χ1n) is 5.78. The van der Waals surface area contributed by atoms with Crippen LogP contribution in [0.15, 0.2) is 12.3 Å². The number of pyridine rings is 1. The van der Waals surface area contributed by atoms with Crippen LogP contribution in [0.1, 0.15) is 16.8 Å². The van der Waals surface area contributed by atoms with Crippen molar-refractivity contribution in [1.29, 1.82) is 0 Å². The number of rotatable bonds is 3. The van der Waals surface area contributed by atoms with Crippen molar-refractivity contribution in [2.45, 2.75) is 6.42 Å². The van der Waals surface area contributed by atoms with Crippen LogP contribution in [0.4, 0.5) is 5.69 Å². The van der Waals surface area contributed by atoms with Gasteiger partial charge in [0.05, 0.1) is 16.4 Å². The lowest BCUT2D eigenvalue weighted by molar-refractivity contribution is -0.385. The highest BCUT2D eigenvalue weighted by Crippen LogP contribution is 2.24. The predicted molar refractivity (Wildman–Crippen MR) is 69.1 cm³/mol. The van der Waals surface area contributed by atoms with Crippen molar-refractivity contribution in [3.05, 3.63) is 33.1 Å². The maximum Gasteiger partial charge on any atom is 0.288 e. The van der Waals surface area contributed by atoms with Gasteiger partial charge in [0.2, 0.25) is 5.91 Å². The Bertz CT molecular complexity index is 592. The monoisotopic (exact) mass is 298 g/mol. The zero-order valence-corrected chi connectivity index (χ0v) is 11.0. The average Bonchev–Trinajstić information content (AvgIpc) is 2.88. The molecule has 1 aromatic rings. The number of primary amides is 1. The first-order valence-corrected chi connectivity index (χ1v) is 6.16. The van der Waals surface area contributed by atoms with E-state index in [1.54, 1.807) is 0 Å². The highest BCUT2D eigenvalue weighted by molar-refractivity contribution is 6.32. The SMILES string of the molecule is NC(=O)C1CCN(C(=O)c2cc([N+](=O)[O-])cnc2Cl)C1. The van der Waals surface area contributed by atoms with Crippen LogP contribution in [0.3, 0.4) is 0 Å². The molecule has 2 heterocycles. The zero-order valence-electron chi connectivity index (χ0n) is 10.3. The number of aromatic nitrogens is 1. The third kappa shape index (κ3) is 2.69. The Kier molecular flexibility index (Phi) is 3.84. The Labute approximate surface area is 118 Å². The lowest BCUT2D eigenvalue weighted by Crippen LogP contribution is -2.32. The molecule has 0 radical (unpaired) electrons. The normalized spacial score (nSPS) is 18.1. The zero-order chi connectivity index (χ0) is 14.9. The van der Waals surface area contributed by atoms with E-state index in [9.17, 15) is 19.7 Å². The topological polar surface area (TPSA) is 119 Å². The molecule has 8 nitrogen and oxygen atoms in total. The maximum absolute atomic E-state index is 12.2. The van der Waals surface area contributed by atoms with Crippen LogP contribution in [0.2, 0.25) is 5.15 Å². The van der Waals surface area contributed by atoms with E-state index in [4.69, 9.17) is 17.3 Å². The number of nitrogens with zero attached hydrogens (tertiary/aromatic N) is 3. The van der Waals surface area contributed by atoms with Crippen LogP contribution in [0.25, 0.3) is 0 Å². The van der Waals surface area contributed by atoms with E-state index in [0.29, 0.717) is 13.0 Å². The van der Waals surface area contributed by atoms with Gasteiger partial charge in [-0.3, -0.25) is 19.7 Å². The quantitative estimate of drug-likeness (QED) is 0.497. The minimum atomic E-state index is -0.656. The molecule has 2 amide bonds. The second-order valence-corrected chi connectivity index (χ2v) is 4.79. The molecular formula is C11H11ClN4O4. The fourth-order valence-corrected chi connectivity index (χ4v) is 2.22. The van der Waals surface area contributed by atoms with Gasteiger partial charge >= 0.3 is 0 Å². The average molecular weight is 299 g/mol. The van der Waals surface area contributed by atoms with Crippen molar-refractivity contribution in [1.82, 2.24) is 9.88 Å². The predicted octanol–water partition coefficient (Wildman–Crippen LogP) is 0.591. The van der Waals surface area contributed by atoms with Gasteiger partial charge in [0.1, 0.15) is 11.3 Å². The summed E-state index contributed by atoms with van der Waals surface area (Å²) < 4.78 is 0. The second kappa shape index (κ2) is 5.41. The molecule has 1 unspecified atom stereocenters. The summed E-state index contributed by atoms with van der Waals surface area (Å²) in [4.78, 5) is 38.4. The number of nitro groups is 1. The molecule has 1 aliphatic heterocycles. The number of hydrogen-bond acceptors (Lipinski definition) is 5. The van der Waals surface area contributed by atoms with E-state index in [-0.39, 0.29) is 22.9 Å². The molecule has 0 aromatic carbocycles. The molecule has 106 valence electrons. The largest absolute Gasteiger partial charge is 0.369 e. The third-order valence-electron chi connectivity index (χ3n) is 3.14. The maximum atomic E-state index is 12.2. The van der Waals surface area contributed by atoms with Crippen LogP contribution < -0.4 is 5.73 Å². The van der Waals surface area contributed by atoms with Gasteiger partial charge in [-0.25, -0.2) is 4.98 Å². The van der Waals surface area contributed by atoms with Gasteiger partial charge in [-0.05, 0) is 6.42 Å². The number of amides is 2. The lowest BCUT2D eigenvalue weighted by Gasteiger charge is -2.16. The van der Waals surface area contributed by atoms with E-state index in [0.717, 1.165) is 12.3 Å². The summed E-state index contributed by atoms with van der Waals surface area (Å²) in [5.74, 6) is -1.36. The summed E-state index contributed by atoms with van der Waals surface area (Å²) in [5.41, 5.74) is 4.82. The molecule has 2 rings (SSSR count). The summed E-state index contributed by atoms with van der Waals surface area (Å²) in [6, 6.07) is 1.08. The molecule has 2 N–H and O–H groups in total. The standard InChI is InChI=1S/C11H11ClN4O4/c12-9-8(3-7(4-14-9)16(19)20)11(18)15-2-1-6(5-15)10(13)17/h3-4,6H,1-2,5H2,(H2,13,17). The molecule has 0 spiro atoms. The molecule has 1 aromatic heterocycles. The number of hydrogen-bond donors (Lipinski definition) is 1. The summed E-state index contributed by atoms with van der Waals surface area (Å²) in [7, 11) is 0. The van der Waals surface area contributed by atoms with Crippen molar-refractivity contribution in [3.63, 3.8) is 0 Å². The Balaban J connectivity index is 2.23. The minimum absolute atomic E-state index is 0.0500. The molecule has 20 heavy (non-hydrogen) atoms. The van der Waals surface area contributed by atoms with Gasteiger partial charge in [0.25, 0.3) is 11.6 Å². The molecule has 1 fully saturated rings. The highest BCUT2D eigenvalue weighted by Gasteiger charge is 2.31. The summed E-state index contributed by atoms with van der Waals surface area (Å²) in [6.07, 6.45) is 1.45. The summed E-state index contributed by atoms with van der Waals surface area (Å²) in [6.45, 7) is 0.540. The Morgan fingerprint density at radius 3 is 2.80 bits per heavy atom. The van der Waals surface area contributed by atoms with Gasteiger partial charge in [-0.1, -0.05) is 11.6 Å². The van der Waals surface area contributed by atoms with Crippen molar-refractivity contribution in [2.24, 2.45) is 11.7 Å². The highest BCUT2D eigenvalue weighted by atomic mass is 35.5. The van der Waals surface area contributed by atoms with E-state index >= 15 is 0 Å². The molecule has 0 aliphatic carbocycles. The van der Waals surface area contributed by atoms with E-state index < -0.39 is 22.7 Å². The van der Waals surface area contributed by atoms with Crippen molar-refractivity contribution < 1.29 is 14.5 Å². The Morgan fingerprint density at radius 1 is 1.55 bits per heavy atom. The van der Waals surface area contributed by atoms with Gasteiger partial charge in [0.15, 0.2) is 0 Å². The third-order valence-corrected chi connectivity index (χ3v) is 3.44. The Hall–Kier alpha value is -2.22. The molecule has 1 aliphatic rings. The van der Waals surface area contributed by atoms with Gasteiger partial charge in [-0.2, -0.15) is 0 Å². The number of nitrogens with two attached hydrogens (primary N) is 1. The van der Waals surface area contributed by atoms with Crippen molar-refractivity contribution in [3.8, 4) is 0 Å². The fraction of sp³-hybridized carbons (Fsp3) is 0.364. The van der Waals surface area contributed by atoms with Gasteiger partial charge in [-0.15, -0.1) is 0 Å². The van der Waals surface area contributed by atoms with Crippen LogP contribution in [0, 0.1) is 16.0 Å². The molecular weight excluding hydrogens is 288 g/mol. The van der Waals surface area contributed by atoms with Crippen molar-refractivity contribution in [2.75, 3.05) is 13.1 Å². The number of carbonyl (C=O) groups excluding carboxylic acids is 2. The van der Waals surface area contributed by atoms with Crippen LogP contribution in [-0.2, 0) is 4.79 Å². The Morgan fingerprint density at radius 2 is 2.25 bits per heavy atom. The van der Waals surface area contributed by atoms with Crippen LogP contribution >= 0.6 is 11.6 Å². The summed E-state index contributed by atoms with van der Waals surface area (Å²) >= 11 is 5.80. The van der Waals surface area contributed by atoms with Crippen LogP contribution in [-0.4, -0.2) is 39.7 Å². The van der Waals surface area contributed by atoms with E-state index in [1.165, 1.54) is 4.90 Å². The number of likely N-dealkylation sites (tertiary alicyclic amines) is 1. The molecule has 1 saturated heterocycles. The smallest absolute Gasteiger partial charge is 0.288 e. The molecule has 9 heteroatoms. The number of carbonyl (C=O) groups is 2. The van der Waals surface area contributed by atoms with E-state index in [1.807, 2.05) is 0 Å².